The van der Waals surface area contributed by atoms with Crippen molar-refractivity contribution >= 4 is 17.7 Å². The van der Waals surface area contributed by atoms with E-state index in [2.05, 4.69) is 10.3 Å². The Balaban J connectivity index is 2.15. The average molecular weight is 258 g/mol. The van der Waals surface area contributed by atoms with Crippen LogP contribution >= 0.6 is 0 Å². The summed E-state index contributed by atoms with van der Waals surface area (Å²) in [4.78, 5) is 26.3. The van der Waals surface area contributed by atoms with Crippen LogP contribution in [0.1, 0.15) is 20.7 Å². The van der Waals surface area contributed by atoms with E-state index in [1.165, 1.54) is 24.3 Å². The fourth-order valence-corrected chi connectivity index (χ4v) is 1.44. The number of aromatic nitrogens is 1. The van der Waals surface area contributed by atoms with Gasteiger partial charge in [-0.3, -0.25) is 4.79 Å². The quantitative estimate of drug-likeness (QED) is 0.778. The molecule has 0 aliphatic carbocycles. The lowest BCUT2D eigenvalue weighted by Crippen LogP contribution is -2.13. The fraction of sp³-hybridized carbons (Fsp3) is 0. The normalized spacial score (nSPS) is 9.89. The van der Waals surface area contributed by atoms with Gasteiger partial charge >= 0.3 is 5.97 Å². The number of amides is 1. The Morgan fingerprint density at radius 3 is 2.42 bits per heavy atom. The van der Waals surface area contributed by atoms with Crippen molar-refractivity contribution < 1.29 is 19.8 Å². The molecule has 1 heterocycles. The number of hydrogen-bond acceptors (Lipinski definition) is 4. The van der Waals surface area contributed by atoms with Crippen molar-refractivity contribution in [3.05, 3.63) is 53.7 Å². The molecule has 6 nitrogen and oxygen atoms in total. The Morgan fingerprint density at radius 2 is 1.84 bits per heavy atom. The van der Waals surface area contributed by atoms with Gasteiger partial charge in [0.2, 0.25) is 0 Å². The highest BCUT2D eigenvalue weighted by Crippen LogP contribution is 2.17. The van der Waals surface area contributed by atoms with E-state index in [-0.39, 0.29) is 22.7 Å². The third-order valence-corrected chi connectivity index (χ3v) is 2.40. The molecule has 0 saturated heterocycles. The summed E-state index contributed by atoms with van der Waals surface area (Å²) in [5.41, 5.74) is 0.146. The molecule has 0 atom stereocenters. The van der Waals surface area contributed by atoms with Crippen molar-refractivity contribution in [2.75, 3.05) is 5.32 Å². The summed E-state index contributed by atoms with van der Waals surface area (Å²) in [7, 11) is 0. The number of carboxylic acids is 1. The molecule has 1 aromatic carbocycles. The molecule has 3 N–H and O–H groups in total. The van der Waals surface area contributed by atoms with E-state index in [0.29, 0.717) is 0 Å². The number of carboxylic acid groups (broad SMARTS) is 1. The van der Waals surface area contributed by atoms with E-state index in [9.17, 15) is 14.7 Å². The van der Waals surface area contributed by atoms with E-state index in [1.807, 2.05) is 0 Å². The lowest BCUT2D eigenvalue weighted by molar-refractivity contribution is 0.0696. The van der Waals surface area contributed by atoms with E-state index >= 15 is 0 Å². The Hall–Kier alpha value is -2.89. The first-order valence-electron chi connectivity index (χ1n) is 5.36. The van der Waals surface area contributed by atoms with Crippen LogP contribution in [0.2, 0.25) is 0 Å². The van der Waals surface area contributed by atoms with Gasteiger partial charge in [-0.05, 0) is 24.3 Å². The second-order valence-corrected chi connectivity index (χ2v) is 3.71. The molecule has 0 spiro atoms. The Kier molecular flexibility index (Phi) is 3.42. The molecule has 2 rings (SSSR count). The number of carbonyl (C=O) groups excluding carboxylic acids is 1. The number of aromatic carboxylic acids is 1. The predicted molar refractivity (Wildman–Crippen MR) is 67.3 cm³/mol. The molecule has 0 unspecified atom stereocenters. The summed E-state index contributed by atoms with van der Waals surface area (Å²) >= 11 is 0. The molecule has 0 bridgehead atoms. The molecular weight excluding hydrogens is 248 g/mol. The number of carbonyl (C=O) groups is 2. The minimum absolute atomic E-state index is 0.0283. The van der Waals surface area contributed by atoms with Crippen LogP contribution in [0.15, 0.2) is 42.6 Å². The number of pyridine rings is 1. The van der Waals surface area contributed by atoms with Gasteiger partial charge in [0.05, 0.1) is 11.1 Å². The van der Waals surface area contributed by atoms with Crippen molar-refractivity contribution in [3.8, 4) is 5.75 Å². The van der Waals surface area contributed by atoms with Gasteiger partial charge in [-0.1, -0.05) is 12.1 Å². The van der Waals surface area contributed by atoms with Crippen molar-refractivity contribution in [2.45, 2.75) is 0 Å². The monoisotopic (exact) mass is 258 g/mol. The maximum Gasteiger partial charge on any atom is 0.337 e. The van der Waals surface area contributed by atoms with Crippen LogP contribution in [0.3, 0.4) is 0 Å². The van der Waals surface area contributed by atoms with Gasteiger partial charge in [0.15, 0.2) is 0 Å². The summed E-state index contributed by atoms with van der Waals surface area (Å²) in [6.45, 7) is 0. The molecule has 1 amide bonds. The summed E-state index contributed by atoms with van der Waals surface area (Å²) in [6, 6.07) is 8.80. The first-order valence-corrected chi connectivity index (χ1v) is 5.36. The van der Waals surface area contributed by atoms with Crippen molar-refractivity contribution in [2.24, 2.45) is 0 Å². The first kappa shape index (κ1) is 12.6. The molecule has 96 valence electrons. The van der Waals surface area contributed by atoms with E-state index in [1.54, 1.807) is 12.1 Å². The fourth-order valence-electron chi connectivity index (χ4n) is 1.44. The zero-order valence-corrected chi connectivity index (χ0v) is 9.70. The zero-order valence-electron chi connectivity index (χ0n) is 9.70. The minimum atomic E-state index is -1.09. The van der Waals surface area contributed by atoms with Gasteiger partial charge in [-0.25, -0.2) is 9.78 Å². The van der Waals surface area contributed by atoms with Crippen LogP contribution in [0.4, 0.5) is 5.82 Å². The number of phenols is 1. The van der Waals surface area contributed by atoms with Crippen molar-refractivity contribution in [1.29, 1.82) is 0 Å². The lowest BCUT2D eigenvalue weighted by Gasteiger charge is -2.05. The number of phenolic OH excluding ortho intramolecular Hbond substituents is 1. The van der Waals surface area contributed by atoms with Gasteiger partial charge < -0.3 is 15.5 Å². The number of rotatable bonds is 3. The van der Waals surface area contributed by atoms with Gasteiger partial charge in [0.25, 0.3) is 5.91 Å². The lowest BCUT2D eigenvalue weighted by atomic mass is 10.2. The zero-order chi connectivity index (χ0) is 13.8. The summed E-state index contributed by atoms with van der Waals surface area (Å²) in [6.07, 6.45) is 1.14. The van der Waals surface area contributed by atoms with Crippen LogP contribution in [0.5, 0.6) is 5.75 Å². The summed E-state index contributed by atoms with van der Waals surface area (Å²) in [5.74, 6) is -1.54. The summed E-state index contributed by atoms with van der Waals surface area (Å²) < 4.78 is 0. The molecule has 1 aromatic heterocycles. The number of para-hydroxylation sites is 1. The Bertz CT molecular complexity index is 623. The van der Waals surface area contributed by atoms with Gasteiger partial charge in [0, 0.05) is 6.20 Å². The molecule has 0 radical (unpaired) electrons. The van der Waals surface area contributed by atoms with Gasteiger partial charge in [-0.15, -0.1) is 0 Å². The third-order valence-electron chi connectivity index (χ3n) is 2.40. The molecule has 0 saturated carbocycles. The standard InChI is InChI=1S/C13H10N2O4/c16-10-4-2-1-3-9(10)12(17)15-11-6-5-8(7-14-11)13(18)19/h1-7,16H,(H,18,19)(H,14,15,17). The Labute approximate surface area is 108 Å². The topological polar surface area (TPSA) is 99.5 Å². The average Bonchev–Trinajstić information content (AvgIpc) is 2.39. The highest BCUT2D eigenvalue weighted by molar-refractivity contribution is 6.05. The minimum Gasteiger partial charge on any atom is -0.507 e. The third kappa shape index (κ3) is 2.86. The largest absolute Gasteiger partial charge is 0.507 e. The van der Waals surface area contributed by atoms with Crippen LogP contribution in [-0.2, 0) is 0 Å². The maximum atomic E-state index is 11.8. The number of hydrogen-bond donors (Lipinski definition) is 3. The van der Waals surface area contributed by atoms with E-state index < -0.39 is 11.9 Å². The van der Waals surface area contributed by atoms with Crippen molar-refractivity contribution in [3.63, 3.8) is 0 Å². The van der Waals surface area contributed by atoms with Crippen LogP contribution in [0.25, 0.3) is 0 Å². The molecule has 19 heavy (non-hydrogen) atoms. The molecule has 6 heteroatoms. The molecule has 2 aromatic rings. The number of aromatic hydroxyl groups is 1. The van der Waals surface area contributed by atoms with Crippen molar-refractivity contribution in [1.82, 2.24) is 4.98 Å². The second kappa shape index (κ2) is 5.18. The molecule has 0 aliphatic heterocycles. The highest BCUT2D eigenvalue weighted by atomic mass is 16.4. The SMILES string of the molecule is O=C(O)c1ccc(NC(=O)c2ccccc2O)nc1. The van der Waals surface area contributed by atoms with E-state index in [0.717, 1.165) is 6.20 Å². The number of nitrogens with one attached hydrogen (secondary N) is 1. The number of anilines is 1. The molecule has 0 fully saturated rings. The van der Waals surface area contributed by atoms with Crippen LogP contribution in [-0.4, -0.2) is 27.1 Å². The van der Waals surface area contributed by atoms with Gasteiger partial charge in [-0.2, -0.15) is 0 Å². The highest BCUT2D eigenvalue weighted by Gasteiger charge is 2.11. The number of benzene rings is 1. The predicted octanol–water partition coefficient (Wildman–Crippen LogP) is 1.74. The van der Waals surface area contributed by atoms with Crippen LogP contribution < -0.4 is 5.32 Å². The Morgan fingerprint density at radius 1 is 1.11 bits per heavy atom. The molecular formula is C13H10N2O4. The van der Waals surface area contributed by atoms with Crippen LogP contribution in [0, 0.1) is 0 Å². The second-order valence-electron chi connectivity index (χ2n) is 3.71. The molecule has 0 aliphatic rings. The van der Waals surface area contributed by atoms with Gasteiger partial charge in [0.1, 0.15) is 11.6 Å². The van der Waals surface area contributed by atoms with E-state index in [4.69, 9.17) is 5.11 Å². The summed E-state index contributed by atoms with van der Waals surface area (Å²) in [5, 5.41) is 20.7. The maximum absolute atomic E-state index is 11.8. The number of nitrogens with zero attached hydrogens (tertiary/aromatic N) is 1. The smallest absolute Gasteiger partial charge is 0.337 e. The first-order chi connectivity index (χ1) is 9.08.